The molecule has 1 fully saturated rings. The topological polar surface area (TPSA) is 55.8 Å². The Labute approximate surface area is 163 Å². The normalized spacial score (nSPS) is 22.2. The fourth-order valence-electron chi connectivity index (χ4n) is 3.24. The minimum absolute atomic E-state index is 0.122. The summed E-state index contributed by atoms with van der Waals surface area (Å²) in [4.78, 5) is 26.8. The van der Waals surface area contributed by atoms with Crippen LogP contribution < -0.4 is 0 Å². The molecule has 142 valence electrons. The van der Waals surface area contributed by atoms with E-state index in [0.717, 1.165) is 11.3 Å². The molecule has 0 saturated carbocycles. The number of esters is 1. The summed E-state index contributed by atoms with van der Waals surface area (Å²) in [6.45, 7) is 1.87. The number of ether oxygens (including phenoxy) is 2. The number of carbonyl (C=O) groups excluding carboxylic acids is 2. The highest BCUT2D eigenvalue weighted by molar-refractivity contribution is 7.98. The summed E-state index contributed by atoms with van der Waals surface area (Å²) in [7, 11) is 1.34. The van der Waals surface area contributed by atoms with Gasteiger partial charge in [-0.15, -0.1) is 0 Å². The van der Waals surface area contributed by atoms with Gasteiger partial charge in [-0.2, -0.15) is 11.8 Å². The number of hydrogen-bond acceptors (Lipinski definition) is 5. The SMILES string of the molecule is COC(=O)N1[C@H](c2ccccc2)COC(=O)[C@]1(C)CSCc1ccccc1. The number of carbonyl (C=O) groups is 2. The van der Waals surface area contributed by atoms with Crippen LogP contribution in [-0.2, 0) is 20.0 Å². The van der Waals surface area contributed by atoms with E-state index in [9.17, 15) is 9.59 Å². The predicted octanol–water partition coefficient (Wildman–Crippen LogP) is 4.05. The highest BCUT2D eigenvalue weighted by Gasteiger charge is 2.51. The fourth-order valence-corrected chi connectivity index (χ4v) is 4.43. The zero-order chi connectivity index (χ0) is 19.3. The van der Waals surface area contributed by atoms with Gasteiger partial charge in [0.25, 0.3) is 0 Å². The Bertz CT molecular complexity index is 783. The van der Waals surface area contributed by atoms with Crippen LogP contribution in [0.3, 0.4) is 0 Å². The molecular formula is C21H23NO4S. The van der Waals surface area contributed by atoms with Crippen molar-refractivity contribution >= 4 is 23.8 Å². The monoisotopic (exact) mass is 385 g/mol. The van der Waals surface area contributed by atoms with Crippen LogP contribution >= 0.6 is 11.8 Å². The van der Waals surface area contributed by atoms with Crippen molar-refractivity contribution in [2.45, 2.75) is 24.3 Å². The first kappa shape index (κ1) is 19.3. The fraction of sp³-hybridized carbons (Fsp3) is 0.333. The van der Waals surface area contributed by atoms with Crippen LogP contribution in [0.15, 0.2) is 60.7 Å². The van der Waals surface area contributed by atoms with Gasteiger partial charge in [0.15, 0.2) is 5.54 Å². The molecule has 0 aromatic heterocycles. The zero-order valence-electron chi connectivity index (χ0n) is 15.5. The third-order valence-electron chi connectivity index (χ3n) is 4.71. The molecule has 0 spiro atoms. The van der Waals surface area contributed by atoms with Crippen molar-refractivity contribution < 1.29 is 19.1 Å². The maximum Gasteiger partial charge on any atom is 0.411 e. The molecule has 5 nitrogen and oxygen atoms in total. The van der Waals surface area contributed by atoms with Crippen LogP contribution in [0.25, 0.3) is 0 Å². The quantitative estimate of drug-likeness (QED) is 0.727. The number of amides is 1. The van der Waals surface area contributed by atoms with Crippen LogP contribution in [0, 0.1) is 0 Å². The Morgan fingerprint density at radius 1 is 1.19 bits per heavy atom. The van der Waals surface area contributed by atoms with Crippen molar-refractivity contribution in [3.05, 3.63) is 71.8 Å². The number of thioether (sulfide) groups is 1. The predicted molar refractivity (Wildman–Crippen MR) is 105 cm³/mol. The lowest BCUT2D eigenvalue weighted by Crippen LogP contribution is -2.62. The van der Waals surface area contributed by atoms with Gasteiger partial charge in [0, 0.05) is 11.5 Å². The lowest BCUT2D eigenvalue weighted by molar-refractivity contribution is -0.168. The van der Waals surface area contributed by atoms with Crippen molar-refractivity contribution in [2.24, 2.45) is 0 Å². The van der Waals surface area contributed by atoms with Crippen LogP contribution in [0.2, 0.25) is 0 Å². The van der Waals surface area contributed by atoms with Gasteiger partial charge < -0.3 is 9.47 Å². The molecular weight excluding hydrogens is 362 g/mol. The summed E-state index contributed by atoms with van der Waals surface area (Å²) >= 11 is 1.59. The molecule has 1 saturated heterocycles. The van der Waals surface area contributed by atoms with Crippen molar-refractivity contribution in [3.63, 3.8) is 0 Å². The summed E-state index contributed by atoms with van der Waals surface area (Å²) in [5, 5.41) is 0. The molecule has 1 aliphatic rings. The van der Waals surface area contributed by atoms with Gasteiger partial charge in [-0.1, -0.05) is 60.7 Å². The summed E-state index contributed by atoms with van der Waals surface area (Å²) in [5.74, 6) is 0.758. The zero-order valence-corrected chi connectivity index (χ0v) is 16.3. The molecule has 3 rings (SSSR count). The van der Waals surface area contributed by atoms with Crippen molar-refractivity contribution in [1.82, 2.24) is 4.90 Å². The molecule has 2 aromatic rings. The van der Waals surface area contributed by atoms with Crippen LogP contribution in [0.1, 0.15) is 24.1 Å². The number of morpholine rings is 1. The first-order valence-electron chi connectivity index (χ1n) is 8.77. The molecule has 0 unspecified atom stereocenters. The molecule has 1 heterocycles. The van der Waals surface area contributed by atoms with E-state index in [1.54, 1.807) is 18.7 Å². The second-order valence-corrected chi connectivity index (χ2v) is 7.60. The lowest BCUT2D eigenvalue weighted by atomic mass is 9.94. The van der Waals surface area contributed by atoms with E-state index in [2.05, 4.69) is 0 Å². The molecule has 2 atom stereocenters. The van der Waals surface area contributed by atoms with Crippen molar-refractivity contribution in [1.29, 1.82) is 0 Å². The molecule has 0 N–H and O–H groups in total. The average molecular weight is 385 g/mol. The molecule has 27 heavy (non-hydrogen) atoms. The maximum atomic E-state index is 12.7. The molecule has 0 aliphatic carbocycles. The van der Waals surface area contributed by atoms with E-state index in [1.165, 1.54) is 17.6 Å². The molecule has 1 aliphatic heterocycles. The number of hydrogen-bond donors (Lipinski definition) is 0. The van der Waals surface area contributed by atoms with Crippen LogP contribution in [0.4, 0.5) is 4.79 Å². The van der Waals surface area contributed by atoms with E-state index in [1.807, 2.05) is 60.7 Å². The summed E-state index contributed by atoms with van der Waals surface area (Å²) in [6.07, 6.45) is -0.525. The average Bonchev–Trinajstić information content (AvgIpc) is 2.71. The Kier molecular flexibility index (Phi) is 6.06. The highest BCUT2D eigenvalue weighted by atomic mass is 32.2. The second-order valence-electron chi connectivity index (χ2n) is 6.62. The molecule has 0 bridgehead atoms. The molecule has 2 aromatic carbocycles. The van der Waals surface area contributed by atoms with Crippen LogP contribution in [0.5, 0.6) is 0 Å². The van der Waals surface area contributed by atoms with Gasteiger partial charge in [-0.05, 0) is 18.1 Å². The minimum Gasteiger partial charge on any atom is -0.461 e. The molecule has 6 heteroatoms. The van der Waals surface area contributed by atoms with Crippen LogP contribution in [-0.4, -0.2) is 42.0 Å². The van der Waals surface area contributed by atoms with Gasteiger partial charge >= 0.3 is 12.1 Å². The standard InChI is InChI=1S/C21H23NO4S/c1-21(15-27-14-16-9-5-3-6-10-16)19(23)26-13-18(22(21)20(24)25-2)17-11-7-4-8-12-17/h3-12,18H,13-15H2,1-2H3/t18-,21-/m0/s1. The first-order valence-corrected chi connectivity index (χ1v) is 9.93. The Balaban J connectivity index is 1.84. The summed E-state index contributed by atoms with van der Waals surface area (Å²) in [5.41, 5.74) is 0.972. The molecule has 1 amide bonds. The highest BCUT2D eigenvalue weighted by Crippen LogP contribution is 2.37. The van der Waals surface area contributed by atoms with Crippen molar-refractivity contribution in [3.8, 4) is 0 Å². The summed E-state index contributed by atoms with van der Waals surface area (Å²) in [6, 6.07) is 19.2. The maximum absolute atomic E-state index is 12.7. The van der Waals surface area contributed by atoms with E-state index in [0.29, 0.717) is 5.75 Å². The number of cyclic esters (lactones) is 1. The Morgan fingerprint density at radius 3 is 2.44 bits per heavy atom. The van der Waals surface area contributed by atoms with Crippen molar-refractivity contribution in [2.75, 3.05) is 19.5 Å². The Hall–Kier alpha value is -2.47. The smallest absolute Gasteiger partial charge is 0.411 e. The lowest BCUT2D eigenvalue weighted by Gasteiger charge is -2.46. The Morgan fingerprint density at radius 2 is 1.81 bits per heavy atom. The van der Waals surface area contributed by atoms with Gasteiger partial charge in [-0.25, -0.2) is 9.59 Å². The number of methoxy groups -OCH3 is 1. The second kappa shape index (κ2) is 8.48. The van der Waals surface area contributed by atoms with E-state index in [-0.39, 0.29) is 12.6 Å². The summed E-state index contributed by atoms with van der Waals surface area (Å²) < 4.78 is 10.5. The van der Waals surface area contributed by atoms with E-state index in [4.69, 9.17) is 9.47 Å². The number of benzene rings is 2. The van der Waals surface area contributed by atoms with Gasteiger partial charge in [0.1, 0.15) is 6.61 Å². The van der Waals surface area contributed by atoms with Gasteiger partial charge in [-0.3, -0.25) is 4.90 Å². The largest absolute Gasteiger partial charge is 0.461 e. The van der Waals surface area contributed by atoms with Gasteiger partial charge in [0.2, 0.25) is 0 Å². The van der Waals surface area contributed by atoms with E-state index < -0.39 is 17.6 Å². The molecule has 0 radical (unpaired) electrons. The third-order valence-corrected chi connectivity index (χ3v) is 6.01. The number of rotatable bonds is 5. The number of nitrogens with zero attached hydrogens (tertiary/aromatic N) is 1. The van der Waals surface area contributed by atoms with E-state index >= 15 is 0 Å². The minimum atomic E-state index is -1.11. The first-order chi connectivity index (χ1) is 13.1. The van der Waals surface area contributed by atoms with Gasteiger partial charge in [0.05, 0.1) is 13.2 Å². The third kappa shape index (κ3) is 4.11.